The summed E-state index contributed by atoms with van der Waals surface area (Å²) in [5, 5.41) is 8.22. The number of ether oxygens (including phenoxy) is 1. The van der Waals surface area contributed by atoms with E-state index in [4.69, 9.17) is 4.74 Å². The molecule has 5 rings (SSSR count). The number of piperidine rings is 1. The lowest BCUT2D eigenvalue weighted by Crippen LogP contribution is -2.40. The number of carbonyl (C=O) groups is 1. The summed E-state index contributed by atoms with van der Waals surface area (Å²) in [5.41, 5.74) is 1.95. The van der Waals surface area contributed by atoms with Crippen molar-refractivity contribution < 1.29 is 9.53 Å². The Bertz CT molecular complexity index is 1310. The molecule has 2 aliphatic rings. The lowest BCUT2D eigenvalue weighted by atomic mass is 10.0. The fourth-order valence-corrected chi connectivity index (χ4v) is 4.68. The first-order chi connectivity index (χ1) is 16.0. The zero-order valence-electron chi connectivity index (χ0n) is 19.1. The summed E-state index contributed by atoms with van der Waals surface area (Å²) in [5.74, 6) is 2.17. The highest BCUT2D eigenvalue weighted by atomic mass is 16.5. The number of allylic oxidation sites excluding steroid dienone is 3. The van der Waals surface area contributed by atoms with Crippen molar-refractivity contribution in [3.63, 3.8) is 0 Å². The number of aryl methyl sites for hydroxylation is 1. The van der Waals surface area contributed by atoms with E-state index >= 15 is 0 Å². The normalized spacial score (nSPS) is 19.3. The first-order valence-corrected chi connectivity index (χ1v) is 11.8. The van der Waals surface area contributed by atoms with Gasteiger partial charge in [0.25, 0.3) is 11.5 Å². The van der Waals surface area contributed by atoms with Crippen molar-refractivity contribution >= 4 is 22.6 Å². The van der Waals surface area contributed by atoms with Crippen molar-refractivity contribution in [1.29, 1.82) is 0 Å². The van der Waals surface area contributed by atoms with Gasteiger partial charge in [-0.3, -0.25) is 14.0 Å². The second kappa shape index (κ2) is 8.84. The average Bonchev–Trinajstić information content (AvgIpc) is 3.24. The molecule has 1 aliphatic carbocycles. The molecule has 1 saturated heterocycles. The Morgan fingerprint density at radius 1 is 1.24 bits per heavy atom. The van der Waals surface area contributed by atoms with E-state index in [0.29, 0.717) is 30.1 Å². The number of benzene rings is 1. The number of aromatic amines is 1. The van der Waals surface area contributed by atoms with Crippen LogP contribution in [0.4, 0.5) is 0 Å². The van der Waals surface area contributed by atoms with E-state index < -0.39 is 0 Å². The second-order valence-corrected chi connectivity index (χ2v) is 9.01. The van der Waals surface area contributed by atoms with Gasteiger partial charge < -0.3 is 14.6 Å². The third-order valence-corrected chi connectivity index (χ3v) is 6.41. The summed E-state index contributed by atoms with van der Waals surface area (Å²) < 4.78 is 7.95. The second-order valence-electron chi connectivity index (χ2n) is 9.01. The van der Waals surface area contributed by atoms with Gasteiger partial charge in [-0.2, -0.15) is 0 Å². The van der Waals surface area contributed by atoms with Crippen LogP contribution in [0.25, 0.3) is 16.7 Å². The number of aromatic nitrogens is 4. The number of fused-ring (bicyclic) bond motifs is 3. The predicted octanol–water partition coefficient (Wildman–Crippen LogP) is 3.62. The highest BCUT2D eigenvalue weighted by Gasteiger charge is 2.26. The quantitative estimate of drug-likeness (QED) is 0.645. The molecular formula is C25H29N5O3. The molecule has 0 radical (unpaired) electrons. The summed E-state index contributed by atoms with van der Waals surface area (Å²) in [4.78, 5) is 30.4. The molecule has 0 spiro atoms. The molecule has 1 N–H and O–H groups in total. The number of hydrogen-bond donors (Lipinski definition) is 1. The summed E-state index contributed by atoms with van der Waals surface area (Å²) in [6.45, 7) is 5.54. The van der Waals surface area contributed by atoms with Crippen molar-refractivity contribution in [3.8, 4) is 0 Å². The van der Waals surface area contributed by atoms with Crippen molar-refractivity contribution in [2.24, 2.45) is 5.92 Å². The maximum Gasteiger partial charge on any atom is 0.294 e. The number of likely N-dealkylation sites (tertiary alicyclic amines) is 1. The molecule has 0 saturated carbocycles. The van der Waals surface area contributed by atoms with Gasteiger partial charge in [-0.05, 0) is 49.1 Å². The van der Waals surface area contributed by atoms with Gasteiger partial charge in [0.1, 0.15) is 17.7 Å². The highest BCUT2D eigenvalue weighted by molar-refractivity contribution is 5.97. The van der Waals surface area contributed by atoms with Crippen molar-refractivity contribution in [2.75, 3.05) is 13.1 Å². The van der Waals surface area contributed by atoms with Gasteiger partial charge in [-0.15, -0.1) is 10.2 Å². The minimum absolute atomic E-state index is 0.0285. The molecule has 8 heteroatoms. The van der Waals surface area contributed by atoms with E-state index in [1.54, 1.807) is 10.5 Å². The molecule has 1 atom stereocenters. The van der Waals surface area contributed by atoms with Gasteiger partial charge in [0.05, 0.1) is 11.0 Å². The first kappa shape index (κ1) is 21.4. The topological polar surface area (TPSA) is 92.6 Å². The number of nitrogens with one attached hydrogen (secondary N) is 1. The fourth-order valence-electron chi connectivity index (χ4n) is 4.68. The molecule has 8 nitrogen and oxygen atoms in total. The maximum absolute atomic E-state index is 13.2. The molecule has 33 heavy (non-hydrogen) atoms. The van der Waals surface area contributed by atoms with Crippen LogP contribution in [0.2, 0.25) is 0 Å². The smallest absolute Gasteiger partial charge is 0.294 e. The molecule has 1 fully saturated rings. The van der Waals surface area contributed by atoms with Crippen LogP contribution in [0.5, 0.6) is 0 Å². The Morgan fingerprint density at radius 2 is 2.06 bits per heavy atom. The van der Waals surface area contributed by atoms with Gasteiger partial charge >= 0.3 is 0 Å². The van der Waals surface area contributed by atoms with Crippen LogP contribution in [0.15, 0.2) is 47.0 Å². The number of carbonyl (C=O) groups excluding carboxylic acids is 1. The number of H-pyrrole nitrogens is 1. The molecular weight excluding hydrogens is 418 g/mol. The maximum atomic E-state index is 13.2. The van der Waals surface area contributed by atoms with Gasteiger partial charge in [-0.25, -0.2) is 0 Å². The molecule has 1 unspecified atom stereocenters. The number of amides is 1. The molecule has 2 aromatic heterocycles. The van der Waals surface area contributed by atoms with Crippen molar-refractivity contribution in [1.82, 2.24) is 24.5 Å². The Morgan fingerprint density at radius 3 is 2.82 bits per heavy atom. The van der Waals surface area contributed by atoms with Crippen LogP contribution in [0.1, 0.15) is 55.7 Å². The fraction of sp³-hybridized carbons (Fsp3) is 0.440. The SMILES string of the molecule is CCCc1nnc2c(=O)[nH]c3cc(C(=O)N4CCC(OC5=CC(C)CC=C5)CC4)ccc3n12. The Hall–Kier alpha value is -3.42. The lowest BCUT2D eigenvalue weighted by Gasteiger charge is -2.33. The zero-order valence-corrected chi connectivity index (χ0v) is 19.1. The summed E-state index contributed by atoms with van der Waals surface area (Å²) >= 11 is 0. The number of hydrogen-bond acceptors (Lipinski definition) is 5. The molecule has 3 aromatic rings. The van der Waals surface area contributed by atoms with Crippen LogP contribution < -0.4 is 5.56 Å². The Balaban J connectivity index is 1.33. The number of nitrogens with zero attached hydrogens (tertiary/aromatic N) is 4. The zero-order chi connectivity index (χ0) is 22.9. The third kappa shape index (κ3) is 4.17. The van der Waals surface area contributed by atoms with E-state index in [1.165, 1.54) is 0 Å². The van der Waals surface area contributed by atoms with E-state index in [9.17, 15) is 9.59 Å². The third-order valence-electron chi connectivity index (χ3n) is 6.41. The van der Waals surface area contributed by atoms with E-state index in [1.807, 2.05) is 23.1 Å². The van der Waals surface area contributed by atoms with Gasteiger partial charge in [0.15, 0.2) is 0 Å². The summed E-state index contributed by atoms with van der Waals surface area (Å²) in [6.07, 6.45) is 10.8. The van der Waals surface area contributed by atoms with Crippen molar-refractivity contribution in [2.45, 2.75) is 52.1 Å². The average molecular weight is 448 g/mol. The van der Waals surface area contributed by atoms with Gasteiger partial charge in [-0.1, -0.05) is 19.9 Å². The first-order valence-electron chi connectivity index (χ1n) is 11.8. The monoisotopic (exact) mass is 447 g/mol. The van der Waals surface area contributed by atoms with E-state index in [2.05, 4.69) is 41.2 Å². The predicted molar refractivity (Wildman–Crippen MR) is 126 cm³/mol. The summed E-state index contributed by atoms with van der Waals surface area (Å²) in [7, 11) is 0. The standard InChI is InChI=1S/C25H29N5O3/c1-3-5-22-27-28-23-24(31)26-20-15-17(8-9-21(20)30(22)23)25(32)29-12-10-18(11-13-29)33-19-7-4-6-16(2)14-19/h4,7-9,14-16,18H,3,5-6,10-13H2,1-2H3,(H,26,31). The summed E-state index contributed by atoms with van der Waals surface area (Å²) in [6, 6.07) is 5.45. The molecule has 0 bridgehead atoms. The van der Waals surface area contributed by atoms with Crippen LogP contribution >= 0.6 is 0 Å². The Labute approximate surface area is 192 Å². The molecule has 3 heterocycles. The molecule has 1 aliphatic heterocycles. The molecule has 1 amide bonds. The van der Waals surface area contributed by atoms with Crippen molar-refractivity contribution in [3.05, 3.63) is 63.9 Å². The van der Waals surface area contributed by atoms with Gasteiger partial charge in [0, 0.05) is 37.9 Å². The largest absolute Gasteiger partial charge is 0.491 e. The minimum atomic E-state index is -0.305. The number of rotatable bonds is 5. The van der Waals surface area contributed by atoms with Crippen LogP contribution in [0, 0.1) is 5.92 Å². The lowest BCUT2D eigenvalue weighted by molar-refractivity contribution is 0.0432. The molecule has 172 valence electrons. The van der Waals surface area contributed by atoms with Gasteiger partial charge in [0.2, 0.25) is 5.65 Å². The van der Waals surface area contributed by atoms with E-state index in [-0.39, 0.29) is 23.2 Å². The Kier molecular flexibility index (Phi) is 5.74. The highest BCUT2D eigenvalue weighted by Crippen LogP contribution is 2.24. The van der Waals surface area contributed by atoms with Crippen LogP contribution in [0.3, 0.4) is 0 Å². The van der Waals surface area contributed by atoms with E-state index in [0.717, 1.165) is 49.2 Å². The van der Waals surface area contributed by atoms with Crippen LogP contribution in [-0.4, -0.2) is 49.6 Å². The molecule has 1 aromatic carbocycles. The minimum Gasteiger partial charge on any atom is -0.491 e. The van der Waals surface area contributed by atoms with Crippen LogP contribution in [-0.2, 0) is 11.2 Å².